The molecule has 1 aliphatic carbocycles. The van der Waals surface area contributed by atoms with Crippen LogP contribution in [0.2, 0.25) is 0 Å². The van der Waals surface area contributed by atoms with Crippen molar-refractivity contribution in [2.75, 3.05) is 5.73 Å². The third-order valence-electron chi connectivity index (χ3n) is 2.24. The van der Waals surface area contributed by atoms with Gasteiger partial charge in [0.15, 0.2) is 0 Å². The Balaban J connectivity index is 2.53. The van der Waals surface area contributed by atoms with Gasteiger partial charge in [-0.1, -0.05) is 19.1 Å². The molecule has 1 atom stereocenters. The molecule has 0 radical (unpaired) electrons. The molecule has 1 aromatic heterocycles. The second-order valence-electron chi connectivity index (χ2n) is 3.31. The Labute approximate surface area is 72.1 Å². The molecule has 62 valence electrons. The van der Waals surface area contributed by atoms with Crippen molar-refractivity contribution in [2.45, 2.75) is 13.3 Å². The first-order valence-corrected chi connectivity index (χ1v) is 4.19. The molecule has 0 spiro atoms. The average Bonchev–Trinajstić information content (AvgIpc) is 2.04. The van der Waals surface area contributed by atoms with Crippen LogP contribution in [0.5, 0.6) is 0 Å². The molecule has 0 saturated heterocycles. The molecule has 12 heavy (non-hydrogen) atoms. The Kier molecular flexibility index (Phi) is 1.61. The summed E-state index contributed by atoms with van der Waals surface area (Å²) in [6.07, 6.45) is 7.12. The maximum atomic E-state index is 5.72. The minimum absolute atomic E-state index is 0.624. The van der Waals surface area contributed by atoms with Crippen molar-refractivity contribution in [1.29, 1.82) is 0 Å². The summed E-state index contributed by atoms with van der Waals surface area (Å²) in [6.45, 7) is 2.20. The van der Waals surface area contributed by atoms with Gasteiger partial charge in [-0.25, -0.2) is 4.98 Å². The van der Waals surface area contributed by atoms with Gasteiger partial charge in [0, 0.05) is 11.8 Å². The van der Waals surface area contributed by atoms with Gasteiger partial charge < -0.3 is 5.73 Å². The number of anilines is 1. The lowest BCUT2D eigenvalue weighted by Crippen LogP contribution is -2.06. The SMILES string of the molecule is CC1C=Cc2c(ccnc2N)C1. The number of nitrogen functional groups attached to an aromatic ring is 1. The molecule has 0 amide bonds. The van der Waals surface area contributed by atoms with Crippen LogP contribution >= 0.6 is 0 Å². The van der Waals surface area contributed by atoms with Crippen molar-refractivity contribution in [1.82, 2.24) is 4.98 Å². The lowest BCUT2D eigenvalue weighted by molar-refractivity contribution is 0.716. The average molecular weight is 160 g/mol. The van der Waals surface area contributed by atoms with Gasteiger partial charge in [-0.2, -0.15) is 0 Å². The summed E-state index contributed by atoms with van der Waals surface area (Å²) >= 11 is 0. The van der Waals surface area contributed by atoms with E-state index in [1.54, 1.807) is 6.20 Å². The van der Waals surface area contributed by atoms with E-state index in [4.69, 9.17) is 5.73 Å². The van der Waals surface area contributed by atoms with Crippen molar-refractivity contribution < 1.29 is 0 Å². The third-order valence-corrected chi connectivity index (χ3v) is 2.24. The normalized spacial score (nSPS) is 20.6. The molecule has 0 aliphatic heterocycles. The number of allylic oxidation sites excluding steroid dienone is 1. The second-order valence-corrected chi connectivity index (χ2v) is 3.31. The highest BCUT2D eigenvalue weighted by Crippen LogP contribution is 2.25. The van der Waals surface area contributed by atoms with Crippen LogP contribution in [-0.4, -0.2) is 4.98 Å². The molecule has 2 N–H and O–H groups in total. The maximum absolute atomic E-state index is 5.72. The summed E-state index contributed by atoms with van der Waals surface area (Å²) in [7, 11) is 0. The fourth-order valence-electron chi connectivity index (χ4n) is 1.58. The van der Waals surface area contributed by atoms with E-state index in [1.165, 1.54) is 5.56 Å². The fourth-order valence-corrected chi connectivity index (χ4v) is 1.58. The Morgan fingerprint density at radius 2 is 2.42 bits per heavy atom. The first-order valence-electron chi connectivity index (χ1n) is 4.19. The van der Waals surface area contributed by atoms with Crippen LogP contribution in [0.25, 0.3) is 6.08 Å². The van der Waals surface area contributed by atoms with E-state index in [0.717, 1.165) is 12.0 Å². The highest BCUT2D eigenvalue weighted by atomic mass is 14.8. The van der Waals surface area contributed by atoms with Crippen LogP contribution in [0.3, 0.4) is 0 Å². The fraction of sp³-hybridized carbons (Fsp3) is 0.300. The van der Waals surface area contributed by atoms with E-state index >= 15 is 0 Å². The van der Waals surface area contributed by atoms with Crippen LogP contribution in [0.1, 0.15) is 18.1 Å². The van der Waals surface area contributed by atoms with Gasteiger partial charge in [0.25, 0.3) is 0 Å². The van der Waals surface area contributed by atoms with E-state index in [1.807, 2.05) is 6.07 Å². The van der Waals surface area contributed by atoms with Crippen LogP contribution in [0.15, 0.2) is 18.3 Å². The predicted octanol–water partition coefficient (Wildman–Crippen LogP) is 1.87. The van der Waals surface area contributed by atoms with Gasteiger partial charge in [-0.3, -0.25) is 0 Å². The zero-order valence-corrected chi connectivity index (χ0v) is 7.12. The molecule has 0 fully saturated rings. The summed E-state index contributed by atoms with van der Waals surface area (Å²) in [6, 6.07) is 2.05. The standard InChI is InChI=1S/C10H12N2/c1-7-2-3-9-8(6-7)4-5-12-10(9)11/h2-5,7H,6H2,1H3,(H2,11,12). The van der Waals surface area contributed by atoms with Crippen molar-refractivity contribution in [3.63, 3.8) is 0 Å². The van der Waals surface area contributed by atoms with E-state index in [-0.39, 0.29) is 0 Å². The highest BCUT2D eigenvalue weighted by Gasteiger charge is 2.11. The smallest absolute Gasteiger partial charge is 0.130 e. The van der Waals surface area contributed by atoms with Crippen LogP contribution in [-0.2, 0) is 6.42 Å². The first-order chi connectivity index (χ1) is 5.77. The molecule has 1 aliphatic rings. The van der Waals surface area contributed by atoms with E-state index in [2.05, 4.69) is 24.1 Å². The summed E-state index contributed by atoms with van der Waals surface area (Å²) in [5, 5.41) is 0. The van der Waals surface area contributed by atoms with Crippen molar-refractivity contribution >= 4 is 11.9 Å². The Morgan fingerprint density at radius 1 is 1.58 bits per heavy atom. The van der Waals surface area contributed by atoms with E-state index < -0.39 is 0 Å². The number of hydrogen-bond acceptors (Lipinski definition) is 2. The van der Waals surface area contributed by atoms with Crippen molar-refractivity contribution in [2.24, 2.45) is 5.92 Å². The molecule has 1 heterocycles. The molecule has 2 heteroatoms. The summed E-state index contributed by atoms with van der Waals surface area (Å²) < 4.78 is 0. The molecular weight excluding hydrogens is 148 g/mol. The van der Waals surface area contributed by atoms with Crippen LogP contribution in [0, 0.1) is 5.92 Å². The number of fused-ring (bicyclic) bond motifs is 1. The summed E-state index contributed by atoms with van der Waals surface area (Å²) in [5.41, 5.74) is 8.15. The van der Waals surface area contributed by atoms with Gasteiger partial charge in [0.1, 0.15) is 5.82 Å². The molecule has 1 aromatic rings. The molecule has 0 bridgehead atoms. The second kappa shape index (κ2) is 2.63. The minimum Gasteiger partial charge on any atom is -0.383 e. The van der Waals surface area contributed by atoms with Gasteiger partial charge >= 0.3 is 0 Å². The zero-order chi connectivity index (χ0) is 8.55. The zero-order valence-electron chi connectivity index (χ0n) is 7.12. The number of hydrogen-bond donors (Lipinski definition) is 1. The number of nitrogens with zero attached hydrogens (tertiary/aromatic N) is 1. The molecular formula is C10H12N2. The summed E-state index contributed by atoms with van der Waals surface area (Å²) in [4.78, 5) is 4.04. The minimum atomic E-state index is 0.624. The number of nitrogens with two attached hydrogens (primary N) is 1. The lowest BCUT2D eigenvalue weighted by atomic mass is 9.92. The van der Waals surface area contributed by atoms with E-state index in [0.29, 0.717) is 11.7 Å². The van der Waals surface area contributed by atoms with Crippen LogP contribution < -0.4 is 5.73 Å². The van der Waals surface area contributed by atoms with Gasteiger partial charge in [-0.15, -0.1) is 0 Å². The van der Waals surface area contributed by atoms with Gasteiger partial charge in [0.05, 0.1) is 0 Å². The quantitative estimate of drug-likeness (QED) is 0.629. The summed E-state index contributed by atoms with van der Waals surface area (Å²) in [5.74, 6) is 1.27. The Morgan fingerprint density at radius 3 is 3.25 bits per heavy atom. The number of rotatable bonds is 0. The maximum Gasteiger partial charge on any atom is 0.130 e. The molecule has 2 nitrogen and oxygen atoms in total. The Bertz CT molecular complexity index is 329. The molecule has 0 saturated carbocycles. The van der Waals surface area contributed by atoms with Crippen molar-refractivity contribution in [3.8, 4) is 0 Å². The molecule has 1 unspecified atom stereocenters. The first kappa shape index (κ1) is 7.35. The van der Waals surface area contributed by atoms with Crippen molar-refractivity contribution in [3.05, 3.63) is 29.5 Å². The third kappa shape index (κ3) is 1.09. The largest absolute Gasteiger partial charge is 0.383 e. The Hall–Kier alpha value is -1.31. The monoisotopic (exact) mass is 160 g/mol. The number of aromatic nitrogens is 1. The predicted molar refractivity (Wildman–Crippen MR) is 50.6 cm³/mol. The highest BCUT2D eigenvalue weighted by molar-refractivity contribution is 5.66. The topological polar surface area (TPSA) is 38.9 Å². The molecule has 2 rings (SSSR count). The van der Waals surface area contributed by atoms with Gasteiger partial charge in [0.2, 0.25) is 0 Å². The van der Waals surface area contributed by atoms with Crippen LogP contribution in [0.4, 0.5) is 5.82 Å². The molecule has 0 aromatic carbocycles. The van der Waals surface area contributed by atoms with Gasteiger partial charge in [-0.05, 0) is 24.0 Å². The lowest BCUT2D eigenvalue weighted by Gasteiger charge is -2.15. The number of pyridine rings is 1. The van der Waals surface area contributed by atoms with E-state index in [9.17, 15) is 0 Å².